The van der Waals surface area contributed by atoms with E-state index in [0.717, 1.165) is 25.8 Å². The second-order valence-electron chi connectivity index (χ2n) is 6.61. The summed E-state index contributed by atoms with van der Waals surface area (Å²) >= 11 is 0. The van der Waals surface area contributed by atoms with E-state index in [1.165, 1.54) is 19.3 Å². The fraction of sp³-hybridized carbons (Fsp3) is 0.938. The normalized spacial score (nSPS) is 24.3. The van der Waals surface area contributed by atoms with Crippen LogP contribution in [0.2, 0.25) is 0 Å². The van der Waals surface area contributed by atoms with E-state index in [1.807, 2.05) is 11.9 Å². The van der Waals surface area contributed by atoms with Gasteiger partial charge in [-0.3, -0.25) is 4.79 Å². The quantitative estimate of drug-likeness (QED) is 0.802. The molecule has 0 aromatic rings. The number of hydrogen-bond donors (Lipinski definition) is 1. The Balaban J connectivity index is 2.44. The topological polar surface area (TPSA) is 32.3 Å². The number of nitrogens with zero attached hydrogens (tertiary/aromatic N) is 1. The monoisotopic (exact) mass is 268 g/mol. The third-order valence-electron chi connectivity index (χ3n) is 4.71. The molecule has 1 rings (SSSR count). The maximum Gasteiger partial charge on any atom is 0.228 e. The number of rotatable bonds is 6. The molecule has 19 heavy (non-hydrogen) atoms. The average molecular weight is 268 g/mol. The molecule has 0 atom stereocenters. The van der Waals surface area contributed by atoms with Gasteiger partial charge in [0.15, 0.2) is 0 Å². The molecule has 0 spiro atoms. The molecule has 1 N–H and O–H groups in total. The van der Waals surface area contributed by atoms with Crippen LogP contribution >= 0.6 is 0 Å². The van der Waals surface area contributed by atoms with Gasteiger partial charge < -0.3 is 10.2 Å². The third-order valence-corrected chi connectivity index (χ3v) is 4.71. The number of hydrogen-bond acceptors (Lipinski definition) is 2. The summed E-state index contributed by atoms with van der Waals surface area (Å²) in [6.07, 6.45) is 6.79. The SMILES string of the molecule is CCCNC1CCC(N(C)C(=O)C(C)(C)CC)CC1. The summed E-state index contributed by atoms with van der Waals surface area (Å²) in [4.78, 5) is 14.5. The van der Waals surface area contributed by atoms with Gasteiger partial charge in [0, 0.05) is 24.5 Å². The molecule has 1 fully saturated rings. The molecule has 1 amide bonds. The molecule has 1 saturated carbocycles. The summed E-state index contributed by atoms with van der Waals surface area (Å²) in [5, 5.41) is 3.60. The molecule has 0 unspecified atom stereocenters. The van der Waals surface area contributed by atoms with Gasteiger partial charge in [-0.25, -0.2) is 0 Å². The number of amides is 1. The van der Waals surface area contributed by atoms with E-state index < -0.39 is 0 Å². The molecule has 1 aliphatic carbocycles. The predicted molar refractivity (Wildman–Crippen MR) is 81.2 cm³/mol. The highest BCUT2D eigenvalue weighted by atomic mass is 16.2. The van der Waals surface area contributed by atoms with Crippen LogP contribution in [0.5, 0.6) is 0 Å². The largest absolute Gasteiger partial charge is 0.342 e. The molecule has 0 heterocycles. The highest BCUT2D eigenvalue weighted by molar-refractivity contribution is 5.81. The van der Waals surface area contributed by atoms with Crippen LogP contribution in [-0.2, 0) is 4.79 Å². The maximum atomic E-state index is 12.5. The lowest BCUT2D eigenvalue weighted by Gasteiger charge is -2.38. The highest BCUT2D eigenvalue weighted by Crippen LogP contribution is 2.28. The lowest BCUT2D eigenvalue weighted by molar-refractivity contribution is -0.142. The Morgan fingerprint density at radius 2 is 1.79 bits per heavy atom. The molecule has 0 saturated heterocycles. The Labute approximate surface area is 119 Å². The minimum absolute atomic E-state index is 0.216. The summed E-state index contributed by atoms with van der Waals surface area (Å²) in [7, 11) is 1.99. The highest BCUT2D eigenvalue weighted by Gasteiger charge is 2.33. The van der Waals surface area contributed by atoms with E-state index >= 15 is 0 Å². The predicted octanol–water partition coefficient (Wildman–Crippen LogP) is 3.19. The van der Waals surface area contributed by atoms with Crippen LogP contribution in [0, 0.1) is 5.41 Å². The number of nitrogens with one attached hydrogen (secondary N) is 1. The van der Waals surface area contributed by atoms with E-state index in [9.17, 15) is 4.79 Å². The fourth-order valence-electron chi connectivity index (χ4n) is 2.81. The lowest BCUT2D eigenvalue weighted by atomic mass is 9.85. The Kier molecular flexibility index (Phi) is 6.31. The second kappa shape index (κ2) is 7.28. The molecular formula is C16H32N2O. The summed E-state index contributed by atoms with van der Waals surface area (Å²) in [5.74, 6) is 0.306. The van der Waals surface area contributed by atoms with Crippen molar-refractivity contribution in [2.24, 2.45) is 5.41 Å². The first-order valence-corrected chi connectivity index (χ1v) is 7.93. The zero-order valence-electron chi connectivity index (χ0n) is 13.5. The molecule has 112 valence electrons. The molecule has 0 aromatic carbocycles. The first-order valence-electron chi connectivity index (χ1n) is 7.93. The van der Waals surface area contributed by atoms with E-state index in [-0.39, 0.29) is 5.41 Å². The van der Waals surface area contributed by atoms with Crippen molar-refractivity contribution >= 4 is 5.91 Å². The third kappa shape index (κ3) is 4.48. The smallest absolute Gasteiger partial charge is 0.228 e. The van der Waals surface area contributed by atoms with Crippen LogP contribution in [0.15, 0.2) is 0 Å². The summed E-state index contributed by atoms with van der Waals surface area (Å²) in [6, 6.07) is 1.11. The minimum atomic E-state index is -0.216. The van der Waals surface area contributed by atoms with Crippen molar-refractivity contribution in [3.05, 3.63) is 0 Å². The molecule has 3 nitrogen and oxygen atoms in total. The van der Waals surface area contributed by atoms with Gasteiger partial charge in [-0.2, -0.15) is 0 Å². The maximum absolute atomic E-state index is 12.5. The van der Waals surface area contributed by atoms with E-state index in [2.05, 4.69) is 33.0 Å². The van der Waals surface area contributed by atoms with Gasteiger partial charge in [-0.1, -0.05) is 27.7 Å². The molecular weight excluding hydrogens is 236 g/mol. The van der Waals surface area contributed by atoms with Gasteiger partial charge >= 0.3 is 0 Å². The first kappa shape index (κ1) is 16.5. The first-order chi connectivity index (χ1) is 8.92. The van der Waals surface area contributed by atoms with Crippen LogP contribution in [-0.4, -0.2) is 36.5 Å². The average Bonchev–Trinajstić information content (AvgIpc) is 2.44. The van der Waals surface area contributed by atoms with Crippen molar-refractivity contribution in [3.8, 4) is 0 Å². The van der Waals surface area contributed by atoms with Crippen LogP contribution in [0.3, 0.4) is 0 Å². The molecule has 1 aliphatic rings. The van der Waals surface area contributed by atoms with Gasteiger partial charge in [0.05, 0.1) is 0 Å². The van der Waals surface area contributed by atoms with E-state index in [0.29, 0.717) is 18.0 Å². The Bertz CT molecular complexity index is 280. The number of carbonyl (C=O) groups is 1. The van der Waals surface area contributed by atoms with Crippen LogP contribution in [0.25, 0.3) is 0 Å². The standard InChI is InChI=1S/C16H32N2O/c1-6-12-17-13-8-10-14(11-9-13)18(5)15(19)16(3,4)7-2/h13-14,17H,6-12H2,1-5H3. The molecule has 0 aromatic heterocycles. The van der Waals surface area contributed by atoms with Gasteiger partial charge in [0.1, 0.15) is 0 Å². The Morgan fingerprint density at radius 3 is 2.26 bits per heavy atom. The van der Waals surface area contributed by atoms with Crippen molar-refractivity contribution in [1.82, 2.24) is 10.2 Å². The Hall–Kier alpha value is -0.570. The fourth-order valence-corrected chi connectivity index (χ4v) is 2.81. The van der Waals surface area contributed by atoms with Gasteiger partial charge in [0.25, 0.3) is 0 Å². The van der Waals surface area contributed by atoms with Gasteiger partial charge in [-0.15, -0.1) is 0 Å². The van der Waals surface area contributed by atoms with Crippen molar-refractivity contribution in [3.63, 3.8) is 0 Å². The molecule has 0 aliphatic heterocycles. The zero-order chi connectivity index (χ0) is 14.5. The minimum Gasteiger partial charge on any atom is -0.342 e. The van der Waals surface area contributed by atoms with Crippen molar-refractivity contribution < 1.29 is 4.79 Å². The number of carbonyl (C=O) groups excluding carboxylic acids is 1. The molecule has 3 heteroatoms. The van der Waals surface area contributed by atoms with Gasteiger partial charge in [-0.05, 0) is 45.1 Å². The van der Waals surface area contributed by atoms with Crippen LogP contribution in [0.4, 0.5) is 0 Å². The zero-order valence-corrected chi connectivity index (χ0v) is 13.5. The van der Waals surface area contributed by atoms with Crippen LogP contribution < -0.4 is 5.32 Å². The molecule has 0 radical (unpaired) electrons. The summed E-state index contributed by atoms with van der Waals surface area (Å²) < 4.78 is 0. The second-order valence-corrected chi connectivity index (χ2v) is 6.61. The Morgan fingerprint density at radius 1 is 1.21 bits per heavy atom. The van der Waals surface area contributed by atoms with E-state index in [1.54, 1.807) is 0 Å². The van der Waals surface area contributed by atoms with Crippen molar-refractivity contribution in [2.45, 2.75) is 78.3 Å². The summed E-state index contributed by atoms with van der Waals surface area (Å²) in [6.45, 7) is 9.53. The van der Waals surface area contributed by atoms with E-state index in [4.69, 9.17) is 0 Å². The molecule has 0 bridgehead atoms. The van der Waals surface area contributed by atoms with Crippen molar-refractivity contribution in [2.75, 3.05) is 13.6 Å². The summed E-state index contributed by atoms with van der Waals surface area (Å²) in [5.41, 5.74) is -0.216. The van der Waals surface area contributed by atoms with Gasteiger partial charge in [0.2, 0.25) is 5.91 Å². The van der Waals surface area contributed by atoms with Crippen molar-refractivity contribution in [1.29, 1.82) is 0 Å². The lowest BCUT2D eigenvalue weighted by Crippen LogP contribution is -2.47. The van der Waals surface area contributed by atoms with Crippen LogP contribution in [0.1, 0.15) is 66.2 Å².